The van der Waals surface area contributed by atoms with Crippen LogP contribution < -0.4 is 14.8 Å². The van der Waals surface area contributed by atoms with Crippen molar-refractivity contribution in [3.05, 3.63) is 35.9 Å². The van der Waals surface area contributed by atoms with Gasteiger partial charge in [0.1, 0.15) is 23.4 Å². The van der Waals surface area contributed by atoms with Gasteiger partial charge in [0.15, 0.2) is 0 Å². The second-order valence-electron chi connectivity index (χ2n) is 5.50. The molecule has 0 radical (unpaired) electrons. The Morgan fingerprint density at radius 2 is 2.27 bits per heavy atom. The molecule has 0 fully saturated rings. The summed E-state index contributed by atoms with van der Waals surface area (Å²) < 4.78 is 13.7. The summed E-state index contributed by atoms with van der Waals surface area (Å²) in [6.45, 7) is 8.43. The van der Waals surface area contributed by atoms with Gasteiger partial charge < -0.3 is 19.4 Å². The highest BCUT2D eigenvalue weighted by molar-refractivity contribution is 5.63. The summed E-state index contributed by atoms with van der Waals surface area (Å²) in [5.41, 5.74) is 2.18. The molecule has 1 aliphatic heterocycles. The fourth-order valence-corrected chi connectivity index (χ4v) is 2.82. The summed E-state index contributed by atoms with van der Waals surface area (Å²) >= 11 is 0. The topological polar surface area (TPSA) is 48.3 Å². The van der Waals surface area contributed by atoms with Crippen LogP contribution in [-0.4, -0.2) is 22.3 Å². The smallest absolute Gasteiger partial charge is 0.142 e. The molecule has 0 amide bonds. The molecule has 5 heteroatoms. The van der Waals surface area contributed by atoms with E-state index in [1.165, 1.54) is 5.56 Å². The van der Waals surface area contributed by atoms with Crippen molar-refractivity contribution in [3.63, 3.8) is 0 Å². The predicted octanol–water partition coefficient (Wildman–Crippen LogP) is 3.24. The predicted molar refractivity (Wildman–Crippen MR) is 86.6 cm³/mol. The normalized spacial score (nSPS) is 16.2. The van der Waals surface area contributed by atoms with Gasteiger partial charge >= 0.3 is 0 Å². The van der Waals surface area contributed by atoms with E-state index in [4.69, 9.17) is 9.47 Å². The number of imidazole rings is 1. The van der Waals surface area contributed by atoms with E-state index >= 15 is 0 Å². The van der Waals surface area contributed by atoms with E-state index in [1.807, 2.05) is 25.4 Å². The molecule has 1 aliphatic rings. The third-order valence-corrected chi connectivity index (χ3v) is 3.88. The zero-order chi connectivity index (χ0) is 15.5. The number of rotatable bonds is 6. The van der Waals surface area contributed by atoms with Gasteiger partial charge in [-0.25, -0.2) is 4.98 Å². The number of hydrogen-bond acceptors (Lipinski definition) is 4. The van der Waals surface area contributed by atoms with Gasteiger partial charge in [-0.3, -0.25) is 0 Å². The summed E-state index contributed by atoms with van der Waals surface area (Å²) in [6.07, 6.45) is 5.00. The van der Waals surface area contributed by atoms with E-state index in [0.717, 1.165) is 36.0 Å². The Hall–Kier alpha value is -2.17. The van der Waals surface area contributed by atoms with E-state index in [2.05, 4.69) is 34.8 Å². The lowest BCUT2D eigenvalue weighted by Crippen LogP contribution is -2.09. The van der Waals surface area contributed by atoms with Crippen molar-refractivity contribution in [1.82, 2.24) is 9.55 Å². The van der Waals surface area contributed by atoms with Crippen LogP contribution in [0.3, 0.4) is 0 Å². The number of aryl methyl sites for hydroxylation is 1. The van der Waals surface area contributed by atoms with Crippen molar-refractivity contribution in [3.8, 4) is 11.5 Å². The molecule has 3 rings (SSSR count). The van der Waals surface area contributed by atoms with Gasteiger partial charge in [0.2, 0.25) is 0 Å². The maximum absolute atomic E-state index is 5.85. The molecule has 1 unspecified atom stereocenters. The Morgan fingerprint density at radius 1 is 1.41 bits per heavy atom. The van der Waals surface area contributed by atoms with Crippen molar-refractivity contribution in [2.24, 2.45) is 0 Å². The standard InChI is InChI=1S/C17H23N3O2/c1-4-20-7-6-18-17(20)11-19-14-10-15-13(8-12(3)22-15)9-16(14)21-5-2/h6-7,9-10,12,19H,4-5,8,11H2,1-3H3. The first kappa shape index (κ1) is 14.8. The molecule has 0 saturated heterocycles. The van der Waals surface area contributed by atoms with E-state index < -0.39 is 0 Å². The van der Waals surface area contributed by atoms with Gasteiger partial charge in [0.25, 0.3) is 0 Å². The maximum Gasteiger partial charge on any atom is 0.142 e. The summed E-state index contributed by atoms with van der Waals surface area (Å²) in [7, 11) is 0. The fourth-order valence-electron chi connectivity index (χ4n) is 2.82. The molecule has 0 spiro atoms. The molecule has 5 nitrogen and oxygen atoms in total. The minimum absolute atomic E-state index is 0.235. The molecule has 1 aromatic carbocycles. The van der Waals surface area contributed by atoms with Crippen molar-refractivity contribution in [2.75, 3.05) is 11.9 Å². The summed E-state index contributed by atoms with van der Waals surface area (Å²) in [4.78, 5) is 4.39. The zero-order valence-corrected chi connectivity index (χ0v) is 13.4. The van der Waals surface area contributed by atoms with Gasteiger partial charge in [0, 0.05) is 37.0 Å². The molecule has 0 saturated carbocycles. The van der Waals surface area contributed by atoms with Crippen molar-refractivity contribution >= 4 is 5.69 Å². The third kappa shape index (κ3) is 2.89. The number of anilines is 1. The third-order valence-electron chi connectivity index (χ3n) is 3.88. The molecule has 1 atom stereocenters. The molecule has 2 aromatic rings. The number of fused-ring (bicyclic) bond motifs is 1. The van der Waals surface area contributed by atoms with Gasteiger partial charge in [-0.2, -0.15) is 0 Å². The molecule has 2 heterocycles. The molecular formula is C17H23N3O2. The quantitative estimate of drug-likeness (QED) is 0.890. The molecular weight excluding hydrogens is 278 g/mol. The van der Waals surface area contributed by atoms with E-state index in [9.17, 15) is 0 Å². The summed E-state index contributed by atoms with van der Waals surface area (Å²) in [5, 5.41) is 3.43. The van der Waals surface area contributed by atoms with Crippen LogP contribution in [0.4, 0.5) is 5.69 Å². The zero-order valence-electron chi connectivity index (χ0n) is 13.4. The maximum atomic E-state index is 5.85. The van der Waals surface area contributed by atoms with Crippen LogP contribution in [0.1, 0.15) is 32.2 Å². The van der Waals surface area contributed by atoms with Crippen LogP contribution >= 0.6 is 0 Å². The van der Waals surface area contributed by atoms with Crippen LogP contribution in [0.25, 0.3) is 0 Å². The van der Waals surface area contributed by atoms with Crippen LogP contribution in [0, 0.1) is 0 Å². The molecule has 22 heavy (non-hydrogen) atoms. The largest absolute Gasteiger partial charge is 0.492 e. The van der Waals surface area contributed by atoms with Crippen LogP contribution in [0.5, 0.6) is 11.5 Å². The molecule has 1 N–H and O–H groups in total. The Bertz CT molecular complexity index is 651. The first-order valence-electron chi connectivity index (χ1n) is 7.91. The second kappa shape index (κ2) is 6.30. The van der Waals surface area contributed by atoms with Crippen molar-refractivity contribution in [1.29, 1.82) is 0 Å². The van der Waals surface area contributed by atoms with E-state index in [1.54, 1.807) is 0 Å². The number of nitrogens with zero attached hydrogens (tertiary/aromatic N) is 2. The van der Waals surface area contributed by atoms with Crippen LogP contribution in [0.15, 0.2) is 24.5 Å². The lowest BCUT2D eigenvalue weighted by atomic mass is 10.1. The lowest BCUT2D eigenvalue weighted by Gasteiger charge is -2.14. The molecule has 0 bridgehead atoms. The van der Waals surface area contributed by atoms with Gasteiger partial charge in [-0.1, -0.05) is 0 Å². The van der Waals surface area contributed by atoms with Crippen molar-refractivity contribution in [2.45, 2.75) is 46.4 Å². The molecule has 1 aromatic heterocycles. The first-order valence-corrected chi connectivity index (χ1v) is 7.91. The highest BCUT2D eigenvalue weighted by atomic mass is 16.5. The Kier molecular flexibility index (Phi) is 4.22. The SMILES string of the molecule is CCOc1cc2c(cc1NCc1nccn1CC)OC(C)C2. The molecule has 0 aliphatic carbocycles. The van der Waals surface area contributed by atoms with Gasteiger partial charge in [-0.05, 0) is 26.8 Å². The Labute approximate surface area is 131 Å². The minimum Gasteiger partial charge on any atom is -0.492 e. The van der Waals surface area contributed by atoms with Crippen LogP contribution in [0.2, 0.25) is 0 Å². The monoisotopic (exact) mass is 301 g/mol. The fraction of sp³-hybridized carbons (Fsp3) is 0.471. The number of hydrogen-bond donors (Lipinski definition) is 1. The summed E-state index contributed by atoms with van der Waals surface area (Å²) in [6, 6.07) is 4.14. The first-order chi connectivity index (χ1) is 10.7. The average molecular weight is 301 g/mol. The number of benzene rings is 1. The van der Waals surface area contributed by atoms with Crippen LogP contribution in [-0.2, 0) is 19.5 Å². The Morgan fingerprint density at radius 3 is 3.05 bits per heavy atom. The van der Waals surface area contributed by atoms with E-state index in [0.29, 0.717) is 13.2 Å². The lowest BCUT2D eigenvalue weighted by molar-refractivity contribution is 0.254. The van der Waals surface area contributed by atoms with E-state index in [-0.39, 0.29) is 6.10 Å². The van der Waals surface area contributed by atoms with Gasteiger partial charge in [0.05, 0.1) is 18.8 Å². The average Bonchev–Trinajstić information content (AvgIpc) is 3.09. The minimum atomic E-state index is 0.235. The number of aromatic nitrogens is 2. The Balaban J connectivity index is 1.81. The molecule has 118 valence electrons. The second-order valence-corrected chi connectivity index (χ2v) is 5.50. The number of nitrogens with one attached hydrogen (secondary N) is 1. The highest BCUT2D eigenvalue weighted by Crippen LogP contribution is 2.38. The number of ether oxygens (including phenoxy) is 2. The highest BCUT2D eigenvalue weighted by Gasteiger charge is 2.22. The van der Waals surface area contributed by atoms with Crippen molar-refractivity contribution < 1.29 is 9.47 Å². The summed E-state index contributed by atoms with van der Waals surface area (Å²) in [5.74, 6) is 2.85. The van der Waals surface area contributed by atoms with Gasteiger partial charge in [-0.15, -0.1) is 0 Å².